The zero-order chi connectivity index (χ0) is 10.5. The monoisotopic (exact) mass is 211 g/mol. The van der Waals surface area contributed by atoms with E-state index in [1.165, 1.54) is 57.9 Å². The smallest absolute Gasteiger partial charge is 0.0752 e. The minimum Gasteiger partial charge on any atom is -0.380 e. The summed E-state index contributed by atoms with van der Waals surface area (Å²) >= 11 is 0. The fourth-order valence-corrected chi connectivity index (χ4v) is 3.31. The predicted octanol–water partition coefficient (Wildman–Crippen LogP) is 2.72. The molecular weight excluding hydrogens is 186 g/mol. The molecule has 0 spiro atoms. The van der Waals surface area contributed by atoms with Gasteiger partial charge in [-0.1, -0.05) is 25.7 Å². The predicted molar refractivity (Wildman–Crippen MR) is 63.0 cm³/mol. The third-order valence-electron chi connectivity index (χ3n) is 4.13. The van der Waals surface area contributed by atoms with Crippen LogP contribution in [0.3, 0.4) is 0 Å². The van der Waals surface area contributed by atoms with E-state index in [0.29, 0.717) is 12.1 Å². The third-order valence-corrected chi connectivity index (χ3v) is 4.13. The summed E-state index contributed by atoms with van der Waals surface area (Å²) in [6, 6.07) is 0.631. The minimum absolute atomic E-state index is 0.477. The average molecular weight is 211 g/mol. The molecule has 1 heterocycles. The van der Waals surface area contributed by atoms with Crippen LogP contribution in [0.4, 0.5) is 0 Å². The molecule has 0 aromatic rings. The number of ether oxygens (including phenoxy) is 1. The van der Waals surface area contributed by atoms with Crippen molar-refractivity contribution in [1.82, 2.24) is 5.32 Å². The zero-order valence-corrected chi connectivity index (χ0v) is 10.0. The van der Waals surface area contributed by atoms with E-state index in [1.807, 2.05) is 7.11 Å². The lowest BCUT2D eigenvalue weighted by Gasteiger charge is -2.37. The molecule has 0 aromatic carbocycles. The molecule has 1 aliphatic carbocycles. The Labute approximate surface area is 93.8 Å². The first-order chi connectivity index (χ1) is 7.42. The first-order valence-electron chi connectivity index (χ1n) is 6.68. The van der Waals surface area contributed by atoms with Crippen LogP contribution >= 0.6 is 0 Å². The molecule has 1 N–H and O–H groups in total. The van der Waals surface area contributed by atoms with Gasteiger partial charge in [0.2, 0.25) is 0 Å². The molecule has 1 saturated heterocycles. The minimum atomic E-state index is 0.477. The van der Waals surface area contributed by atoms with E-state index in [-0.39, 0.29) is 0 Å². The van der Waals surface area contributed by atoms with Gasteiger partial charge in [0, 0.05) is 13.2 Å². The van der Waals surface area contributed by atoms with Crippen molar-refractivity contribution in [3.05, 3.63) is 0 Å². The van der Waals surface area contributed by atoms with Gasteiger partial charge in [-0.3, -0.25) is 0 Å². The van der Waals surface area contributed by atoms with Crippen LogP contribution in [-0.4, -0.2) is 25.8 Å². The van der Waals surface area contributed by atoms with E-state index in [2.05, 4.69) is 5.32 Å². The molecule has 1 aliphatic heterocycles. The molecule has 2 rings (SSSR count). The summed E-state index contributed by atoms with van der Waals surface area (Å²) in [4.78, 5) is 0. The lowest BCUT2D eigenvalue weighted by Crippen LogP contribution is -2.47. The Kier molecular flexibility index (Phi) is 4.45. The second-order valence-electron chi connectivity index (χ2n) is 5.15. The zero-order valence-electron chi connectivity index (χ0n) is 10.0. The highest BCUT2D eigenvalue weighted by Gasteiger charge is 2.31. The topological polar surface area (TPSA) is 21.3 Å². The number of methoxy groups -OCH3 is 1. The highest BCUT2D eigenvalue weighted by Crippen LogP contribution is 2.31. The summed E-state index contributed by atoms with van der Waals surface area (Å²) in [5.74, 6) is 0.819. The van der Waals surface area contributed by atoms with Gasteiger partial charge in [-0.05, 0) is 38.1 Å². The Hall–Kier alpha value is -0.0800. The number of nitrogens with one attached hydrogen (secondary N) is 1. The van der Waals surface area contributed by atoms with Gasteiger partial charge in [0.15, 0.2) is 0 Å². The summed E-state index contributed by atoms with van der Waals surface area (Å²) in [6.07, 6.45) is 11.6. The quantitative estimate of drug-likeness (QED) is 0.775. The average Bonchev–Trinajstić information content (AvgIpc) is 2.33. The van der Waals surface area contributed by atoms with Crippen LogP contribution in [-0.2, 0) is 4.74 Å². The van der Waals surface area contributed by atoms with Crippen molar-refractivity contribution in [3.63, 3.8) is 0 Å². The Morgan fingerprint density at radius 2 is 1.73 bits per heavy atom. The normalized spacial score (nSPS) is 31.4. The molecule has 2 atom stereocenters. The van der Waals surface area contributed by atoms with Crippen LogP contribution in [0.2, 0.25) is 0 Å². The number of piperidine rings is 1. The third kappa shape index (κ3) is 2.94. The molecule has 15 heavy (non-hydrogen) atoms. The fraction of sp³-hybridized carbons (Fsp3) is 1.00. The molecule has 2 aliphatic rings. The van der Waals surface area contributed by atoms with Crippen LogP contribution in [0.15, 0.2) is 0 Å². The molecule has 0 aromatic heterocycles. The molecule has 1 saturated carbocycles. The molecule has 2 nitrogen and oxygen atoms in total. The van der Waals surface area contributed by atoms with Gasteiger partial charge < -0.3 is 10.1 Å². The second-order valence-corrected chi connectivity index (χ2v) is 5.15. The van der Waals surface area contributed by atoms with E-state index in [9.17, 15) is 0 Å². The van der Waals surface area contributed by atoms with Crippen LogP contribution in [0.5, 0.6) is 0 Å². The maximum atomic E-state index is 5.77. The highest BCUT2D eigenvalue weighted by atomic mass is 16.5. The van der Waals surface area contributed by atoms with Gasteiger partial charge in [-0.25, -0.2) is 0 Å². The lowest BCUT2D eigenvalue weighted by molar-refractivity contribution is 0.00173. The molecule has 0 bridgehead atoms. The van der Waals surface area contributed by atoms with Gasteiger partial charge in [-0.2, -0.15) is 0 Å². The summed E-state index contributed by atoms with van der Waals surface area (Å²) in [5.41, 5.74) is 0. The van der Waals surface area contributed by atoms with Crippen LogP contribution < -0.4 is 5.32 Å². The van der Waals surface area contributed by atoms with Gasteiger partial charge >= 0.3 is 0 Å². The molecule has 0 amide bonds. The first kappa shape index (κ1) is 11.4. The van der Waals surface area contributed by atoms with Crippen molar-refractivity contribution in [2.75, 3.05) is 13.7 Å². The van der Waals surface area contributed by atoms with Crippen molar-refractivity contribution in [1.29, 1.82) is 0 Å². The van der Waals surface area contributed by atoms with Gasteiger partial charge in [0.25, 0.3) is 0 Å². The van der Waals surface area contributed by atoms with E-state index in [4.69, 9.17) is 4.74 Å². The Bertz CT molecular complexity index is 153. The van der Waals surface area contributed by atoms with Gasteiger partial charge in [0.1, 0.15) is 0 Å². The van der Waals surface area contributed by atoms with E-state index >= 15 is 0 Å². The largest absolute Gasteiger partial charge is 0.380 e. The summed E-state index contributed by atoms with van der Waals surface area (Å²) in [7, 11) is 1.90. The van der Waals surface area contributed by atoms with Crippen molar-refractivity contribution in [2.24, 2.45) is 5.92 Å². The van der Waals surface area contributed by atoms with Crippen molar-refractivity contribution in [2.45, 2.75) is 63.5 Å². The molecule has 0 radical (unpaired) electrons. The molecule has 88 valence electrons. The standard InChI is InChI=1S/C13H25NO/c1-15-13(11-7-3-2-4-8-11)12-9-5-6-10-14-12/h11-14H,2-10H2,1H3. The molecular formula is C13H25NO. The number of hydrogen-bond donors (Lipinski definition) is 1. The lowest BCUT2D eigenvalue weighted by atomic mass is 9.81. The van der Waals surface area contributed by atoms with Crippen molar-refractivity contribution < 1.29 is 4.74 Å². The van der Waals surface area contributed by atoms with E-state index in [0.717, 1.165) is 5.92 Å². The molecule has 2 fully saturated rings. The SMILES string of the molecule is COC(C1CCCCC1)C1CCCCN1. The summed E-state index contributed by atoms with van der Waals surface area (Å²) in [6.45, 7) is 1.19. The van der Waals surface area contributed by atoms with Gasteiger partial charge in [-0.15, -0.1) is 0 Å². The number of hydrogen-bond acceptors (Lipinski definition) is 2. The summed E-state index contributed by atoms with van der Waals surface area (Å²) in [5, 5.41) is 3.64. The molecule has 2 heteroatoms. The van der Waals surface area contributed by atoms with Crippen LogP contribution in [0.1, 0.15) is 51.4 Å². The van der Waals surface area contributed by atoms with Crippen molar-refractivity contribution >= 4 is 0 Å². The second kappa shape index (κ2) is 5.86. The Morgan fingerprint density at radius 3 is 2.33 bits per heavy atom. The number of rotatable bonds is 3. The van der Waals surface area contributed by atoms with Crippen LogP contribution in [0, 0.1) is 5.92 Å². The summed E-state index contributed by atoms with van der Waals surface area (Å²) < 4.78 is 5.77. The maximum Gasteiger partial charge on any atom is 0.0752 e. The Morgan fingerprint density at radius 1 is 1.00 bits per heavy atom. The van der Waals surface area contributed by atoms with Gasteiger partial charge in [0.05, 0.1) is 6.10 Å². The van der Waals surface area contributed by atoms with Crippen LogP contribution in [0.25, 0.3) is 0 Å². The molecule has 2 unspecified atom stereocenters. The first-order valence-corrected chi connectivity index (χ1v) is 6.68. The Balaban J connectivity index is 1.88. The van der Waals surface area contributed by atoms with Crippen molar-refractivity contribution in [3.8, 4) is 0 Å². The maximum absolute atomic E-state index is 5.77. The highest BCUT2D eigenvalue weighted by molar-refractivity contribution is 4.86. The van der Waals surface area contributed by atoms with E-state index in [1.54, 1.807) is 0 Å². The fourth-order valence-electron chi connectivity index (χ4n) is 3.31. The van der Waals surface area contributed by atoms with E-state index < -0.39 is 0 Å².